The third-order valence-electron chi connectivity index (χ3n) is 3.78. The first kappa shape index (κ1) is 17.0. The predicted octanol–water partition coefficient (Wildman–Crippen LogP) is 3.05. The maximum atomic E-state index is 13.7. The predicted molar refractivity (Wildman–Crippen MR) is 83.0 cm³/mol. The lowest BCUT2D eigenvalue weighted by atomic mass is 10.1. The summed E-state index contributed by atoms with van der Waals surface area (Å²) in [4.78, 5) is 24.7. The van der Waals surface area contributed by atoms with Crippen molar-refractivity contribution < 1.29 is 23.5 Å². The van der Waals surface area contributed by atoms with E-state index >= 15 is 0 Å². The van der Waals surface area contributed by atoms with Crippen LogP contribution < -0.4 is 0 Å². The average molecular weight is 340 g/mol. The van der Waals surface area contributed by atoms with Crippen LogP contribution in [0.5, 0.6) is 0 Å². The van der Waals surface area contributed by atoms with Crippen molar-refractivity contribution in [3.05, 3.63) is 48.0 Å². The minimum absolute atomic E-state index is 0. The minimum Gasteiger partial charge on any atom is -0.481 e. The second-order valence-electron chi connectivity index (χ2n) is 5.22. The number of hydrogen-bond acceptors (Lipinski definition) is 3. The Balaban J connectivity index is 0.00000192. The third-order valence-corrected chi connectivity index (χ3v) is 3.78. The zero-order valence-electron chi connectivity index (χ0n) is 12.1. The normalized spacial score (nSPS) is 16.9. The minimum atomic E-state index is -0.901. The van der Waals surface area contributed by atoms with Crippen molar-refractivity contribution in [2.45, 2.75) is 6.42 Å². The van der Waals surface area contributed by atoms with Gasteiger partial charge in [-0.25, -0.2) is 4.39 Å². The number of carbonyl (C=O) groups excluding carboxylic acids is 1. The third kappa shape index (κ3) is 3.37. The van der Waals surface area contributed by atoms with Crippen LogP contribution in [0.15, 0.2) is 40.8 Å². The lowest BCUT2D eigenvalue weighted by Gasteiger charge is -2.13. The molecular formula is C16H15ClFNO4. The zero-order valence-corrected chi connectivity index (χ0v) is 12.9. The molecule has 2 heterocycles. The van der Waals surface area contributed by atoms with Crippen LogP contribution in [0.2, 0.25) is 0 Å². The highest BCUT2D eigenvalue weighted by molar-refractivity contribution is 5.92. The van der Waals surface area contributed by atoms with Crippen molar-refractivity contribution in [1.82, 2.24) is 4.90 Å². The van der Waals surface area contributed by atoms with Crippen LogP contribution in [0.3, 0.4) is 0 Å². The van der Waals surface area contributed by atoms with Crippen LogP contribution in [0.1, 0.15) is 17.0 Å². The molecule has 3 rings (SSSR count). The van der Waals surface area contributed by atoms with Crippen molar-refractivity contribution in [2.75, 3.05) is 13.1 Å². The summed E-state index contributed by atoms with van der Waals surface area (Å²) in [5.74, 6) is -1.87. The van der Waals surface area contributed by atoms with Gasteiger partial charge >= 0.3 is 5.97 Å². The van der Waals surface area contributed by atoms with E-state index in [-0.39, 0.29) is 41.9 Å². The molecule has 1 aromatic heterocycles. The highest BCUT2D eigenvalue weighted by Gasteiger charge is 2.32. The molecule has 0 bridgehead atoms. The number of likely N-dealkylation sites (tertiary alicyclic amines) is 1. The molecular weight excluding hydrogens is 325 g/mol. The Bertz CT molecular complexity index is 730. The van der Waals surface area contributed by atoms with Crippen molar-refractivity contribution in [3.63, 3.8) is 0 Å². The van der Waals surface area contributed by atoms with E-state index < -0.39 is 17.7 Å². The van der Waals surface area contributed by atoms with E-state index in [1.165, 1.54) is 23.1 Å². The van der Waals surface area contributed by atoms with Crippen LogP contribution in [0, 0.1) is 11.7 Å². The molecule has 1 atom stereocenters. The fourth-order valence-corrected chi connectivity index (χ4v) is 2.56. The first-order chi connectivity index (χ1) is 10.6. The van der Waals surface area contributed by atoms with E-state index in [4.69, 9.17) is 9.52 Å². The zero-order chi connectivity index (χ0) is 15.7. The number of benzene rings is 1. The van der Waals surface area contributed by atoms with E-state index in [9.17, 15) is 14.0 Å². The molecule has 0 spiro atoms. The van der Waals surface area contributed by atoms with Gasteiger partial charge < -0.3 is 14.4 Å². The van der Waals surface area contributed by atoms with Gasteiger partial charge in [-0.2, -0.15) is 0 Å². The van der Waals surface area contributed by atoms with Gasteiger partial charge in [-0.05, 0) is 30.7 Å². The molecule has 1 fully saturated rings. The number of aliphatic carboxylic acids is 1. The number of nitrogens with zero attached hydrogens (tertiary/aromatic N) is 1. The molecule has 0 aliphatic carbocycles. The van der Waals surface area contributed by atoms with E-state index in [0.717, 1.165) is 0 Å². The van der Waals surface area contributed by atoms with Gasteiger partial charge in [-0.1, -0.05) is 12.1 Å². The van der Waals surface area contributed by atoms with Gasteiger partial charge in [0, 0.05) is 13.1 Å². The topological polar surface area (TPSA) is 70.8 Å². The van der Waals surface area contributed by atoms with Gasteiger partial charge in [0.25, 0.3) is 5.91 Å². The summed E-state index contributed by atoms with van der Waals surface area (Å²) in [7, 11) is 0. The number of hydrogen-bond donors (Lipinski definition) is 1. The van der Waals surface area contributed by atoms with Gasteiger partial charge in [0.1, 0.15) is 11.6 Å². The SMILES string of the molecule is Cl.O=C(O)C1CCN(C(=O)c2ccc(-c3ccccc3F)o2)C1. The van der Waals surface area contributed by atoms with Gasteiger partial charge in [-0.3, -0.25) is 9.59 Å². The highest BCUT2D eigenvalue weighted by Crippen LogP contribution is 2.26. The van der Waals surface area contributed by atoms with Crippen LogP contribution in [0.4, 0.5) is 4.39 Å². The molecule has 1 N–H and O–H groups in total. The molecule has 1 saturated heterocycles. The Kier molecular flexibility index (Phi) is 5.05. The Morgan fingerprint density at radius 3 is 2.61 bits per heavy atom. The molecule has 7 heteroatoms. The Morgan fingerprint density at radius 2 is 1.96 bits per heavy atom. The molecule has 23 heavy (non-hydrogen) atoms. The standard InChI is InChI=1S/C16H14FNO4.ClH/c17-12-4-2-1-3-11(12)13-5-6-14(22-13)15(19)18-8-7-10(9-18)16(20)21;/h1-6,10H,7-9H2,(H,20,21);1H. The second-order valence-corrected chi connectivity index (χ2v) is 5.22. The number of carboxylic acids is 1. The molecule has 122 valence electrons. The Hall–Kier alpha value is -2.34. The monoisotopic (exact) mass is 339 g/mol. The largest absolute Gasteiger partial charge is 0.481 e. The van der Waals surface area contributed by atoms with Gasteiger partial charge in [0.05, 0.1) is 11.5 Å². The molecule has 1 amide bonds. The lowest BCUT2D eigenvalue weighted by molar-refractivity contribution is -0.141. The quantitative estimate of drug-likeness (QED) is 0.933. The van der Waals surface area contributed by atoms with Crippen molar-refractivity contribution in [1.29, 1.82) is 0 Å². The van der Waals surface area contributed by atoms with Crippen LogP contribution in [-0.2, 0) is 4.79 Å². The Labute approximate surface area is 138 Å². The maximum absolute atomic E-state index is 13.7. The van der Waals surface area contributed by atoms with Crippen LogP contribution >= 0.6 is 12.4 Å². The molecule has 1 unspecified atom stereocenters. The molecule has 0 radical (unpaired) electrons. The van der Waals surface area contributed by atoms with E-state index in [2.05, 4.69) is 0 Å². The molecule has 5 nitrogen and oxygen atoms in total. The number of rotatable bonds is 3. The van der Waals surface area contributed by atoms with Gasteiger partial charge in [-0.15, -0.1) is 12.4 Å². The smallest absolute Gasteiger partial charge is 0.308 e. The summed E-state index contributed by atoms with van der Waals surface area (Å²) in [5, 5.41) is 8.96. The first-order valence-electron chi connectivity index (χ1n) is 6.93. The summed E-state index contributed by atoms with van der Waals surface area (Å²) >= 11 is 0. The lowest BCUT2D eigenvalue weighted by Crippen LogP contribution is -2.29. The number of halogens is 2. The maximum Gasteiger partial charge on any atom is 0.308 e. The molecule has 0 saturated carbocycles. The molecule has 1 aliphatic heterocycles. The van der Waals surface area contributed by atoms with E-state index in [1.54, 1.807) is 18.2 Å². The number of amides is 1. The fraction of sp³-hybridized carbons (Fsp3) is 0.250. The highest BCUT2D eigenvalue weighted by atomic mass is 35.5. The van der Waals surface area contributed by atoms with E-state index in [0.29, 0.717) is 13.0 Å². The number of furan rings is 1. The van der Waals surface area contributed by atoms with Crippen molar-refractivity contribution >= 4 is 24.3 Å². The Morgan fingerprint density at radius 1 is 1.22 bits per heavy atom. The summed E-state index contributed by atoms with van der Waals surface area (Å²) in [6.45, 7) is 0.551. The summed E-state index contributed by atoms with van der Waals surface area (Å²) < 4.78 is 19.1. The van der Waals surface area contributed by atoms with Crippen molar-refractivity contribution in [3.8, 4) is 11.3 Å². The van der Waals surface area contributed by atoms with Crippen LogP contribution in [-0.4, -0.2) is 35.0 Å². The summed E-state index contributed by atoms with van der Waals surface area (Å²) in [5.41, 5.74) is 0.284. The van der Waals surface area contributed by atoms with Gasteiger partial charge in [0.15, 0.2) is 5.76 Å². The van der Waals surface area contributed by atoms with Crippen molar-refractivity contribution in [2.24, 2.45) is 5.92 Å². The number of carboxylic acid groups (broad SMARTS) is 1. The summed E-state index contributed by atoms with van der Waals surface area (Å²) in [6.07, 6.45) is 0.432. The fourth-order valence-electron chi connectivity index (χ4n) is 2.56. The summed E-state index contributed by atoms with van der Waals surface area (Å²) in [6, 6.07) is 9.16. The second kappa shape index (κ2) is 6.83. The van der Waals surface area contributed by atoms with Gasteiger partial charge in [0.2, 0.25) is 0 Å². The molecule has 2 aromatic rings. The van der Waals surface area contributed by atoms with E-state index in [1.807, 2.05) is 0 Å². The molecule has 1 aromatic carbocycles. The van der Waals surface area contributed by atoms with Crippen LogP contribution in [0.25, 0.3) is 11.3 Å². The average Bonchev–Trinajstić information content (AvgIpc) is 3.17. The first-order valence-corrected chi connectivity index (χ1v) is 6.93. The number of carbonyl (C=O) groups is 2. The molecule has 1 aliphatic rings.